The summed E-state index contributed by atoms with van der Waals surface area (Å²) in [6.45, 7) is 4.76. The van der Waals surface area contributed by atoms with Gasteiger partial charge in [-0.05, 0) is 148 Å². The zero-order valence-electron chi connectivity index (χ0n) is 35.2. The van der Waals surface area contributed by atoms with Crippen LogP contribution in [-0.2, 0) is 10.8 Å². The molecule has 62 heavy (non-hydrogen) atoms. The van der Waals surface area contributed by atoms with E-state index in [4.69, 9.17) is 15.0 Å². The van der Waals surface area contributed by atoms with E-state index in [9.17, 15) is 0 Å². The van der Waals surface area contributed by atoms with Gasteiger partial charge in [0.05, 0.1) is 0 Å². The Morgan fingerprint density at radius 1 is 0.452 bits per heavy atom. The molecule has 5 aliphatic rings. The van der Waals surface area contributed by atoms with Crippen molar-refractivity contribution in [2.45, 2.75) is 63.2 Å². The smallest absolute Gasteiger partial charge is 0.164 e. The molecular formula is C58H47N3S. The van der Waals surface area contributed by atoms with E-state index in [1.54, 1.807) is 0 Å². The summed E-state index contributed by atoms with van der Waals surface area (Å²) in [6.07, 6.45) is 8.28. The Morgan fingerprint density at radius 3 is 1.79 bits per heavy atom. The number of benzene rings is 7. The molecule has 0 unspecified atom stereocenters. The molecule has 4 heteroatoms. The Hall–Kier alpha value is -6.23. The van der Waals surface area contributed by atoms with E-state index >= 15 is 0 Å². The van der Waals surface area contributed by atoms with Crippen molar-refractivity contribution in [3.63, 3.8) is 0 Å². The number of hydrogen-bond acceptors (Lipinski definition) is 4. The summed E-state index contributed by atoms with van der Waals surface area (Å²) in [6, 6.07) is 58.1. The topological polar surface area (TPSA) is 38.7 Å². The van der Waals surface area contributed by atoms with Crippen molar-refractivity contribution >= 4 is 31.5 Å². The highest BCUT2D eigenvalue weighted by molar-refractivity contribution is 7.25. The van der Waals surface area contributed by atoms with Gasteiger partial charge in [0, 0.05) is 42.3 Å². The number of fused-ring (bicyclic) bond motifs is 6. The molecule has 0 atom stereocenters. The molecule has 9 aromatic rings. The zero-order chi connectivity index (χ0) is 41.2. The van der Waals surface area contributed by atoms with Crippen LogP contribution in [0.2, 0.25) is 0 Å². The molecule has 2 heterocycles. The number of aromatic nitrogens is 3. The Morgan fingerprint density at radius 2 is 1.05 bits per heavy atom. The molecule has 0 aliphatic heterocycles. The van der Waals surface area contributed by atoms with Gasteiger partial charge in [-0.2, -0.15) is 0 Å². The quantitative estimate of drug-likeness (QED) is 0.168. The van der Waals surface area contributed by atoms with Crippen molar-refractivity contribution in [1.82, 2.24) is 15.0 Å². The molecule has 2 aromatic heterocycles. The second-order valence-electron chi connectivity index (χ2n) is 19.4. The molecular weight excluding hydrogens is 771 g/mol. The van der Waals surface area contributed by atoms with E-state index in [1.807, 2.05) is 11.3 Å². The van der Waals surface area contributed by atoms with Crippen LogP contribution in [0.15, 0.2) is 158 Å². The van der Waals surface area contributed by atoms with Gasteiger partial charge in [-0.15, -0.1) is 11.3 Å². The number of thiophene rings is 1. The standard InChI is InChI=1S/C58H47N3S/c1-57(2)49-24-20-40(38-12-5-3-6-13-38)30-48(49)52-44(39-14-7-4-8-15-39)22-23-46(53(52)57)56-60-54(41-16-11-17-43(29-41)58-32-35-26-36(33-58)28-37(27-35)34-58)59-55(61-56)42-21-25-51-47(31-42)45-18-9-10-19-50(45)62-51/h3-25,29-31,35-37H,26-28,32-34H2,1-2H3. The SMILES string of the molecule is CC1(C)c2ccc(-c3ccccc3)cc2-c2c(-c3ccccc3)ccc(-c3nc(-c4cccc(C56CC7CC(CC(C7)C5)C6)c4)nc(-c4ccc5sc6ccccc6c5c4)n3)c21. The van der Waals surface area contributed by atoms with Crippen LogP contribution in [0.4, 0.5) is 0 Å². The number of hydrogen-bond donors (Lipinski definition) is 0. The van der Waals surface area contributed by atoms with Gasteiger partial charge in [-0.25, -0.2) is 15.0 Å². The average Bonchev–Trinajstić information content (AvgIpc) is 3.80. The molecule has 7 aromatic carbocycles. The molecule has 0 amide bonds. The Labute approximate surface area is 367 Å². The van der Waals surface area contributed by atoms with Crippen molar-refractivity contribution < 1.29 is 0 Å². The highest BCUT2D eigenvalue weighted by Gasteiger charge is 2.51. The summed E-state index contributed by atoms with van der Waals surface area (Å²) in [5.74, 6) is 4.80. The average molecular weight is 818 g/mol. The first-order chi connectivity index (χ1) is 30.4. The Bertz CT molecular complexity index is 3220. The first-order valence-corrected chi connectivity index (χ1v) is 23.4. The molecule has 5 aliphatic carbocycles. The lowest BCUT2D eigenvalue weighted by Crippen LogP contribution is -2.48. The summed E-state index contributed by atoms with van der Waals surface area (Å²) in [5.41, 5.74) is 14.6. The highest BCUT2D eigenvalue weighted by Crippen LogP contribution is 2.61. The summed E-state index contributed by atoms with van der Waals surface area (Å²) >= 11 is 1.84. The minimum Gasteiger partial charge on any atom is -0.208 e. The Kier molecular flexibility index (Phi) is 8.01. The number of nitrogens with zero attached hydrogens (tertiary/aromatic N) is 3. The molecule has 0 N–H and O–H groups in total. The van der Waals surface area contributed by atoms with Crippen molar-refractivity contribution in [2.24, 2.45) is 17.8 Å². The molecule has 300 valence electrons. The van der Waals surface area contributed by atoms with Crippen molar-refractivity contribution in [1.29, 1.82) is 0 Å². The van der Waals surface area contributed by atoms with E-state index < -0.39 is 0 Å². The van der Waals surface area contributed by atoms with Crippen molar-refractivity contribution in [3.05, 3.63) is 174 Å². The predicted octanol–water partition coefficient (Wildman–Crippen LogP) is 15.3. The normalized spacial score (nSPS) is 21.7. The second-order valence-corrected chi connectivity index (χ2v) is 20.5. The van der Waals surface area contributed by atoms with Crippen molar-refractivity contribution in [3.8, 4) is 67.5 Å². The fraction of sp³-hybridized carbons (Fsp3) is 0.224. The summed E-state index contributed by atoms with van der Waals surface area (Å²) in [7, 11) is 0. The minimum absolute atomic E-state index is 0.275. The lowest BCUT2D eigenvalue weighted by molar-refractivity contribution is -0.00517. The molecule has 3 nitrogen and oxygen atoms in total. The monoisotopic (exact) mass is 817 g/mol. The molecule has 0 radical (unpaired) electrons. The van der Waals surface area contributed by atoms with Crippen LogP contribution in [0.3, 0.4) is 0 Å². The van der Waals surface area contributed by atoms with Gasteiger partial charge >= 0.3 is 0 Å². The van der Waals surface area contributed by atoms with Crippen molar-refractivity contribution in [2.75, 3.05) is 0 Å². The summed E-state index contributed by atoms with van der Waals surface area (Å²) < 4.78 is 2.57. The molecule has 4 saturated carbocycles. The molecule has 4 bridgehead atoms. The largest absolute Gasteiger partial charge is 0.208 e. The van der Waals surface area contributed by atoms with Gasteiger partial charge in [0.25, 0.3) is 0 Å². The first-order valence-electron chi connectivity index (χ1n) is 22.6. The van der Waals surface area contributed by atoms with E-state index in [0.29, 0.717) is 5.82 Å². The molecule has 14 rings (SSSR count). The Balaban J connectivity index is 1.04. The van der Waals surface area contributed by atoms with Crippen LogP contribution in [-0.4, -0.2) is 15.0 Å². The predicted molar refractivity (Wildman–Crippen MR) is 257 cm³/mol. The van der Waals surface area contributed by atoms with Gasteiger partial charge in [0.15, 0.2) is 17.5 Å². The van der Waals surface area contributed by atoms with E-state index in [-0.39, 0.29) is 10.8 Å². The van der Waals surface area contributed by atoms with Crippen LogP contribution in [0.1, 0.15) is 69.1 Å². The fourth-order valence-corrected chi connectivity index (χ4v) is 14.0. The van der Waals surface area contributed by atoms with Gasteiger partial charge in [0.1, 0.15) is 0 Å². The summed E-state index contributed by atoms with van der Waals surface area (Å²) in [4.78, 5) is 16.5. The van der Waals surface area contributed by atoms with E-state index in [1.165, 1.54) is 109 Å². The summed E-state index contributed by atoms with van der Waals surface area (Å²) in [5, 5.41) is 2.52. The van der Waals surface area contributed by atoms with Gasteiger partial charge < -0.3 is 0 Å². The maximum absolute atomic E-state index is 5.54. The third-order valence-electron chi connectivity index (χ3n) is 15.3. The molecule has 4 fully saturated rings. The van der Waals surface area contributed by atoms with E-state index in [2.05, 4.69) is 172 Å². The van der Waals surface area contributed by atoms with Gasteiger partial charge in [-0.3, -0.25) is 0 Å². The third-order valence-corrected chi connectivity index (χ3v) is 16.4. The van der Waals surface area contributed by atoms with Crippen LogP contribution >= 0.6 is 11.3 Å². The molecule has 0 saturated heterocycles. The van der Waals surface area contributed by atoms with Gasteiger partial charge in [-0.1, -0.05) is 135 Å². The van der Waals surface area contributed by atoms with Crippen LogP contribution in [0, 0.1) is 17.8 Å². The zero-order valence-corrected chi connectivity index (χ0v) is 36.1. The minimum atomic E-state index is -0.320. The number of rotatable bonds is 6. The van der Waals surface area contributed by atoms with Crippen LogP contribution in [0.25, 0.3) is 87.7 Å². The highest BCUT2D eigenvalue weighted by atomic mass is 32.1. The second kappa shape index (κ2) is 13.6. The third kappa shape index (κ3) is 5.65. The van der Waals surface area contributed by atoms with E-state index in [0.717, 1.165) is 46.1 Å². The maximum atomic E-state index is 5.54. The van der Waals surface area contributed by atoms with Crippen LogP contribution < -0.4 is 0 Å². The molecule has 0 spiro atoms. The lowest BCUT2D eigenvalue weighted by Gasteiger charge is -2.57. The lowest BCUT2D eigenvalue weighted by atomic mass is 9.48. The fourth-order valence-electron chi connectivity index (χ4n) is 12.9. The van der Waals surface area contributed by atoms with Gasteiger partial charge in [0.2, 0.25) is 0 Å². The maximum Gasteiger partial charge on any atom is 0.164 e. The van der Waals surface area contributed by atoms with Crippen LogP contribution in [0.5, 0.6) is 0 Å². The first kappa shape index (κ1) is 36.4.